The number of rotatable bonds is 5. The number of hydrogen-bond donors (Lipinski definition) is 3. The lowest BCUT2D eigenvalue weighted by Gasteiger charge is -2.15. The Morgan fingerprint density at radius 3 is 2.23 bits per heavy atom. The van der Waals surface area contributed by atoms with Crippen LogP contribution in [0, 0.1) is 0 Å². The lowest BCUT2D eigenvalue weighted by Crippen LogP contribution is -2.37. The average Bonchev–Trinajstić information content (AvgIpc) is 3.20. The van der Waals surface area contributed by atoms with Crippen LogP contribution in [-0.2, 0) is 29.0 Å². The molecular formula is C24H22N4O3. The van der Waals surface area contributed by atoms with Gasteiger partial charge in [-0.25, -0.2) is 0 Å². The molecule has 1 aromatic heterocycles. The highest BCUT2D eigenvalue weighted by Crippen LogP contribution is 2.23. The summed E-state index contributed by atoms with van der Waals surface area (Å²) in [4.78, 5) is 41.4. The molecule has 3 amide bonds. The third-order valence-electron chi connectivity index (χ3n) is 5.17. The first-order valence-electron chi connectivity index (χ1n) is 10.1. The Bertz CT molecular complexity index is 1090. The molecule has 0 aliphatic heterocycles. The summed E-state index contributed by atoms with van der Waals surface area (Å²) in [6, 6.07) is 20.1. The maximum atomic E-state index is 12.9. The zero-order chi connectivity index (χ0) is 21.6. The van der Waals surface area contributed by atoms with Crippen LogP contribution in [0.1, 0.15) is 27.2 Å². The van der Waals surface area contributed by atoms with E-state index in [1.807, 2.05) is 12.1 Å². The van der Waals surface area contributed by atoms with E-state index >= 15 is 0 Å². The van der Waals surface area contributed by atoms with Gasteiger partial charge in [-0.15, -0.1) is 0 Å². The average molecular weight is 414 g/mol. The molecule has 0 atom stereocenters. The summed E-state index contributed by atoms with van der Waals surface area (Å²) in [5, 5.41) is 8.09. The van der Waals surface area contributed by atoms with Gasteiger partial charge in [0.05, 0.1) is 23.5 Å². The van der Waals surface area contributed by atoms with E-state index in [-0.39, 0.29) is 24.2 Å². The molecule has 0 radical (unpaired) electrons. The molecule has 31 heavy (non-hydrogen) atoms. The van der Waals surface area contributed by atoms with Gasteiger partial charge in [0.2, 0.25) is 0 Å². The van der Waals surface area contributed by atoms with Crippen molar-refractivity contribution in [3.63, 3.8) is 0 Å². The zero-order valence-electron chi connectivity index (χ0n) is 16.8. The minimum Gasteiger partial charge on any atom is -0.349 e. The Morgan fingerprint density at radius 1 is 0.839 bits per heavy atom. The lowest BCUT2D eigenvalue weighted by molar-refractivity contribution is -0.136. The summed E-state index contributed by atoms with van der Waals surface area (Å²) < 4.78 is 0. The lowest BCUT2D eigenvalue weighted by atomic mass is 10.1. The van der Waals surface area contributed by atoms with E-state index in [2.05, 4.69) is 33.1 Å². The van der Waals surface area contributed by atoms with E-state index in [9.17, 15) is 14.4 Å². The number of para-hydroxylation sites is 1. The number of fused-ring (bicyclic) bond motifs is 1. The molecule has 156 valence electrons. The molecule has 3 aromatic rings. The van der Waals surface area contributed by atoms with Gasteiger partial charge in [-0.3, -0.25) is 19.4 Å². The molecule has 1 heterocycles. The van der Waals surface area contributed by atoms with Crippen molar-refractivity contribution in [2.75, 3.05) is 5.32 Å². The number of nitrogens with one attached hydrogen (secondary N) is 3. The van der Waals surface area contributed by atoms with E-state index in [4.69, 9.17) is 0 Å². The Labute approximate surface area is 179 Å². The Hall–Kier alpha value is -4.00. The van der Waals surface area contributed by atoms with Gasteiger partial charge in [0.15, 0.2) is 0 Å². The van der Waals surface area contributed by atoms with Crippen LogP contribution in [-0.4, -0.2) is 28.7 Å². The molecule has 2 aromatic carbocycles. The molecule has 0 bridgehead atoms. The van der Waals surface area contributed by atoms with E-state index in [0.717, 1.165) is 12.8 Å². The quantitative estimate of drug-likeness (QED) is 0.558. The van der Waals surface area contributed by atoms with Gasteiger partial charge in [0, 0.05) is 12.2 Å². The van der Waals surface area contributed by atoms with E-state index in [1.54, 1.807) is 48.7 Å². The topological polar surface area (TPSA) is 100 Å². The number of pyridine rings is 1. The van der Waals surface area contributed by atoms with Crippen LogP contribution in [0.4, 0.5) is 5.69 Å². The Kier molecular flexibility index (Phi) is 6.03. The monoisotopic (exact) mass is 414 g/mol. The molecule has 0 saturated heterocycles. The minimum absolute atomic E-state index is 0.00433. The molecule has 4 rings (SSSR count). The first-order valence-corrected chi connectivity index (χ1v) is 10.1. The van der Waals surface area contributed by atoms with Crippen molar-refractivity contribution < 1.29 is 14.4 Å². The van der Waals surface area contributed by atoms with Crippen LogP contribution in [0.15, 0.2) is 72.9 Å². The summed E-state index contributed by atoms with van der Waals surface area (Å²) in [5.74, 6) is -1.93. The molecule has 1 aliphatic carbocycles. The molecule has 1 aliphatic rings. The molecule has 0 spiro atoms. The summed E-state index contributed by atoms with van der Waals surface area (Å²) in [7, 11) is 0. The summed E-state index contributed by atoms with van der Waals surface area (Å²) in [6.07, 6.45) is 3.15. The second kappa shape index (κ2) is 9.21. The van der Waals surface area contributed by atoms with Gasteiger partial charge in [0.1, 0.15) is 0 Å². The maximum Gasteiger partial charge on any atom is 0.313 e. The molecule has 7 heteroatoms. The van der Waals surface area contributed by atoms with Crippen molar-refractivity contribution >= 4 is 23.4 Å². The van der Waals surface area contributed by atoms with E-state index in [1.165, 1.54) is 11.1 Å². The predicted octanol–water partition coefficient (Wildman–Crippen LogP) is 2.23. The Balaban J connectivity index is 1.37. The SMILES string of the molecule is O=C(NCc1ccccn1)C(=O)Nc1ccccc1C(=O)NC1Cc2ccccc2C1. The molecule has 0 unspecified atom stereocenters. The first-order chi connectivity index (χ1) is 15.1. The summed E-state index contributed by atoms with van der Waals surface area (Å²) >= 11 is 0. The van der Waals surface area contributed by atoms with Gasteiger partial charge < -0.3 is 16.0 Å². The first kappa shape index (κ1) is 20.3. The third kappa shape index (κ3) is 4.95. The van der Waals surface area contributed by atoms with Crippen molar-refractivity contribution in [3.05, 3.63) is 95.3 Å². The van der Waals surface area contributed by atoms with Crippen LogP contribution in [0.25, 0.3) is 0 Å². The van der Waals surface area contributed by atoms with Crippen LogP contribution in [0.3, 0.4) is 0 Å². The zero-order valence-corrected chi connectivity index (χ0v) is 16.8. The highest BCUT2D eigenvalue weighted by atomic mass is 16.2. The van der Waals surface area contributed by atoms with Crippen molar-refractivity contribution in [3.8, 4) is 0 Å². The highest BCUT2D eigenvalue weighted by molar-refractivity contribution is 6.40. The maximum absolute atomic E-state index is 12.9. The largest absolute Gasteiger partial charge is 0.349 e. The number of hydrogen-bond acceptors (Lipinski definition) is 4. The van der Waals surface area contributed by atoms with Crippen molar-refractivity contribution in [2.45, 2.75) is 25.4 Å². The fourth-order valence-electron chi connectivity index (χ4n) is 3.65. The molecule has 0 fully saturated rings. The second-order valence-electron chi connectivity index (χ2n) is 7.35. The van der Waals surface area contributed by atoms with Gasteiger partial charge >= 0.3 is 11.8 Å². The van der Waals surface area contributed by atoms with E-state index in [0.29, 0.717) is 11.3 Å². The summed E-state index contributed by atoms with van der Waals surface area (Å²) in [5.41, 5.74) is 3.71. The number of benzene rings is 2. The fraction of sp³-hybridized carbons (Fsp3) is 0.167. The number of carbonyl (C=O) groups excluding carboxylic acids is 3. The number of anilines is 1. The van der Waals surface area contributed by atoms with Gasteiger partial charge in [0.25, 0.3) is 5.91 Å². The van der Waals surface area contributed by atoms with Gasteiger partial charge in [-0.1, -0.05) is 42.5 Å². The summed E-state index contributed by atoms with van der Waals surface area (Å²) in [6.45, 7) is 0.136. The Morgan fingerprint density at radius 2 is 1.52 bits per heavy atom. The van der Waals surface area contributed by atoms with Crippen molar-refractivity contribution in [1.29, 1.82) is 0 Å². The van der Waals surface area contributed by atoms with Crippen LogP contribution >= 0.6 is 0 Å². The van der Waals surface area contributed by atoms with Gasteiger partial charge in [-0.2, -0.15) is 0 Å². The van der Waals surface area contributed by atoms with Gasteiger partial charge in [-0.05, 0) is 48.2 Å². The van der Waals surface area contributed by atoms with Crippen LogP contribution in [0.5, 0.6) is 0 Å². The number of carbonyl (C=O) groups is 3. The second-order valence-corrected chi connectivity index (χ2v) is 7.35. The van der Waals surface area contributed by atoms with E-state index < -0.39 is 11.8 Å². The van der Waals surface area contributed by atoms with Crippen LogP contribution < -0.4 is 16.0 Å². The minimum atomic E-state index is -0.843. The van der Waals surface area contributed by atoms with Crippen LogP contribution in [0.2, 0.25) is 0 Å². The smallest absolute Gasteiger partial charge is 0.313 e. The number of amides is 3. The molecular weight excluding hydrogens is 392 g/mol. The number of aromatic nitrogens is 1. The standard InChI is InChI=1S/C24H22N4O3/c29-22(27-19-13-16-7-1-2-8-17(16)14-19)20-10-3-4-11-21(20)28-24(31)23(30)26-15-18-9-5-6-12-25-18/h1-12,19H,13-15H2,(H,26,30)(H,27,29)(H,28,31). The normalized spacial score (nSPS) is 12.6. The molecule has 0 saturated carbocycles. The molecule has 7 nitrogen and oxygen atoms in total. The molecule has 3 N–H and O–H groups in total. The van der Waals surface area contributed by atoms with Crippen molar-refractivity contribution in [2.24, 2.45) is 0 Å². The highest BCUT2D eigenvalue weighted by Gasteiger charge is 2.24. The fourth-order valence-corrected chi connectivity index (χ4v) is 3.65. The van der Waals surface area contributed by atoms with Crippen molar-refractivity contribution in [1.82, 2.24) is 15.6 Å². The third-order valence-corrected chi connectivity index (χ3v) is 5.17. The number of nitrogens with zero attached hydrogens (tertiary/aromatic N) is 1. The predicted molar refractivity (Wildman–Crippen MR) is 116 cm³/mol.